The van der Waals surface area contributed by atoms with E-state index in [0.717, 1.165) is 18.4 Å². The highest BCUT2D eigenvalue weighted by atomic mass is 32.2. The summed E-state index contributed by atoms with van der Waals surface area (Å²) in [5.41, 5.74) is 8.23. The number of rotatable bonds is 8. The van der Waals surface area contributed by atoms with Gasteiger partial charge in [-0.15, -0.1) is 0 Å². The number of nitrogens with two attached hydrogens (primary N) is 1. The summed E-state index contributed by atoms with van der Waals surface area (Å²) in [5, 5.41) is 13.0. The minimum atomic E-state index is -1.09. The molecule has 174 valence electrons. The van der Waals surface area contributed by atoms with Crippen molar-refractivity contribution in [1.82, 2.24) is 0 Å². The summed E-state index contributed by atoms with van der Waals surface area (Å²) in [6, 6.07) is 11.9. The number of hydrogen-bond acceptors (Lipinski definition) is 5. The molecule has 1 aliphatic heterocycles. The second-order valence-corrected chi connectivity index (χ2v) is 9.84. The van der Waals surface area contributed by atoms with Gasteiger partial charge in [0.05, 0.1) is 11.8 Å². The highest BCUT2D eigenvalue weighted by Crippen LogP contribution is 2.28. The van der Waals surface area contributed by atoms with Crippen molar-refractivity contribution in [3.8, 4) is 0 Å². The van der Waals surface area contributed by atoms with Crippen molar-refractivity contribution in [2.75, 3.05) is 16.8 Å². The summed E-state index contributed by atoms with van der Waals surface area (Å²) < 4.78 is 32.3. The van der Waals surface area contributed by atoms with E-state index in [1.165, 1.54) is 6.07 Å². The second-order valence-electron chi connectivity index (χ2n) is 8.29. The fourth-order valence-electron chi connectivity index (χ4n) is 3.96. The van der Waals surface area contributed by atoms with E-state index < -0.39 is 34.9 Å². The van der Waals surface area contributed by atoms with Crippen molar-refractivity contribution in [2.45, 2.75) is 51.4 Å². The lowest BCUT2D eigenvalue weighted by Crippen LogP contribution is -2.50. The molecule has 4 unspecified atom stereocenters. The number of unbranched alkanes of at least 4 members (excludes halogenated alkanes) is 1. The molecule has 1 aliphatic rings. The number of halogens is 1. The topological polar surface area (TPSA) is 102 Å². The number of aliphatic hydroxyl groups is 1. The summed E-state index contributed by atoms with van der Waals surface area (Å²) >= 11 is 0. The molecule has 1 fully saturated rings. The Bertz CT molecular complexity index is 941. The van der Waals surface area contributed by atoms with Gasteiger partial charge in [0.25, 0.3) is 0 Å². The first-order valence-electron chi connectivity index (χ1n) is 10.9. The van der Waals surface area contributed by atoms with Crippen molar-refractivity contribution in [2.24, 2.45) is 11.7 Å². The Balaban J connectivity index is 1.74. The number of carbonyl (C=O) groups excluding carboxylic acids is 1. The van der Waals surface area contributed by atoms with Crippen LogP contribution in [0.2, 0.25) is 0 Å². The van der Waals surface area contributed by atoms with Crippen molar-refractivity contribution in [1.29, 1.82) is 0 Å². The minimum Gasteiger partial charge on any atom is -0.444 e. The van der Waals surface area contributed by atoms with Gasteiger partial charge in [0.2, 0.25) is 0 Å². The maximum absolute atomic E-state index is 15.0. The number of carbonyl (C=O) groups is 1. The molecule has 0 aromatic heterocycles. The summed E-state index contributed by atoms with van der Waals surface area (Å²) in [6.45, 7) is 2.13. The van der Waals surface area contributed by atoms with Crippen molar-refractivity contribution in [3.63, 3.8) is 0 Å². The molecule has 1 saturated heterocycles. The number of hydrogen-bond donors (Lipinski definition) is 3. The predicted molar refractivity (Wildman–Crippen MR) is 124 cm³/mol. The number of amides is 1. The van der Waals surface area contributed by atoms with E-state index >= 15 is 4.39 Å². The molecule has 6 nitrogen and oxygen atoms in total. The fraction of sp³-hybridized carbons (Fsp3) is 0.458. The van der Waals surface area contributed by atoms with E-state index in [1.807, 2.05) is 43.3 Å². The Hall–Kier alpha value is -2.29. The molecule has 32 heavy (non-hydrogen) atoms. The molecule has 8 heteroatoms. The van der Waals surface area contributed by atoms with Gasteiger partial charge >= 0.3 is 6.09 Å². The molecule has 0 bridgehead atoms. The van der Waals surface area contributed by atoms with Crippen LogP contribution in [0.25, 0.3) is 0 Å². The minimum absolute atomic E-state index is 0.0909. The van der Waals surface area contributed by atoms with Crippen molar-refractivity contribution < 1.29 is 23.2 Å². The fourth-order valence-corrected chi connectivity index (χ4v) is 5.52. The Kier molecular flexibility index (Phi) is 8.78. The van der Waals surface area contributed by atoms with Crippen LogP contribution in [0.1, 0.15) is 36.5 Å². The first kappa shape index (κ1) is 24.4. The molecular formula is C24H31FN2O4S. The molecule has 0 spiro atoms. The zero-order chi connectivity index (χ0) is 23.1. The maximum atomic E-state index is 15.0. The Morgan fingerprint density at radius 3 is 2.72 bits per heavy atom. The van der Waals surface area contributed by atoms with Crippen LogP contribution in [0, 0.1) is 11.7 Å². The standard InChI is InChI=1S/C24H31FN2O4S/c1-2-3-9-18-10-17(11-19-14-32(30)15-21(26)23(19)28)12-20(25)22(18)27-24(29)31-13-16-7-5-4-6-8-16/h4-8,10,12,19,21,23,28H,2-3,9,11,13-15,26H2,1H3,(H,27,29). The van der Waals surface area contributed by atoms with Gasteiger partial charge in [-0.3, -0.25) is 9.53 Å². The predicted octanol–water partition coefficient (Wildman–Crippen LogP) is 3.53. The van der Waals surface area contributed by atoms with Crippen LogP contribution in [0.3, 0.4) is 0 Å². The van der Waals surface area contributed by atoms with Gasteiger partial charge < -0.3 is 15.6 Å². The summed E-state index contributed by atoms with van der Waals surface area (Å²) in [7, 11) is -1.09. The first-order chi connectivity index (χ1) is 15.4. The van der Waals surface area contributed by atoms with E-state index in [4.69, 9.17) is 10.5 Å². The molecule has 0 radical (unpaired) electrons. The van der Waals surface area contributed by atoms with Crippen LogP contribution < -0.4 is 11.1 Å². The molecule has 1 amide bonds. The third-order valence-electron chi connectivity index (χ3n) is 5.67. The first-order valence-corrected chi connectivity index (χ1v) is 12.4. The molecule has 4 atom stereocenters. The Morgan fingerprint density at radius 1 is 1.25 bits per heavy atom. The van der Waals surface area contributed by atoms with Gasteiger partial charge in [-0.25, -0.2) is 9.18 Å². The summed E-state index contributed by atoms with van der Waals surface area (Å²) in [6.07, 6.45) is 1.21. The molecule has 3 rings (SSSR count). The average Bonchev–Trinajstić information content (AvgIpc) is 2.77. The lowest BCUT2D eigenvalue weighted by Gasteiger charge is -2.32. The number of aryl methyl sites for hydroxylation is 1. The Labute approximate surface area is 190 Å². The molecule has 0 aliphatic carbocycles. The van der Waals surface area contributed by atoms with E-state index in [1.54, 1.807) is 0 Å². The number of anilines is 1. The van der Waals surface area contributed by atoms with Gasteiger partial charge in [-0.1, -0.05) is 49.7 Å². The molecular weight excluding hydrogens is 431 g/mol. The molecule has 1 heterocycles. The van der Waals surface area contributed by atoms with Gasteiger partial charge in [-0.05, 0) is 42.0 Å². The van der Waals surface area contributed by atoms with E-state index in [-0.39, 0.29) is 24.0 Å². The molecule has 4 N–H and O–H groups in total. The number of ether oxygens (including phenoxy) is 1. The Morgan fingerprint density at radius 2 is 2.00 bits per heavy atom. The van der Waals surface area contributed by atoms with E-state index in [9.17, 15) is 14.1 Å². The molecule has 2 aromatic carbocycles. The summed E-state index contributed by atoms with van der Waals surface area (Å²) in [4.78, 5) is 12.3. The van der Waals surface area contributed by atoms with Crippen LogP contribution in [0.5, 0.6) is 0 Å². The van der Waals surface area contributed by atoms with Crippen LogP contribution >= 0.6 is 0 Å². The van der Waals surface area contributed by atoms with Crippen molar-refractivity contribution in [3.05, 3.63) is 65.0 Å². The van der Waals surface area contributed by atoms with Gasteiger partial charge in [0.1, 0.15) is 12.4 Å². The smallest absolute Gasteiger partial charge is 0.412 e. The van der Waals surface area contributed by atoms with Crippen LogP contribution in [-0.4, -0.2) is 39.1 Å². The SMILES string of the molecule is CCCCc1cc(CC2CS(=O)CC(N)C2O)cc(F)c1NC(=O)OCc1ccccc1. The zero-order valence-corrected chi connectivity index (χ0v) is 19.1. The largest absolute Gasteiger partial charge is 0.444 e. The number of aliphatic hydroxyl groups excluding tert-OH is 1. The quantitative estimate of drug-likeness (QED) is 0.557. The molecule has 2 aromatic rings. The highest BCUT2D eigenvalue weighted by molar-refractivity contribution is 7.85. The van der Waals surface area contributed by atoms with Gasteiger partial charge in [0.15, 0.2) is 0 Å². The third kappa shape index (κ3) is 6.60. The van der Waals surface area contributed by atoms with E-state index in [2.05, 4.69) is 5.32 Å². The van der Waals surface area contributed by atoms with E-state index in [0.29, 0.717) is 29.7 Å². The van der Waals surface area contributed by atoms with Gasteiger partial charge in [-0.2, -0.15) is 0 Å². The van der Waals surface area contributed by atoms with Crippen LogP contribution in [-0.2, 0) is 35.0 Å². The average molecular weight is 463 g/mol. The molecule has 0 saturated carbocycles. The van der Waals surface area contributed by atoms with Crippen LogP contribution in [0.15, 0.2) is 42.5 Å². The summed E-state index contributed by atoms with van der Waals surface area (Å²) in [5.74, 6) is -0.234. The highest BCUT2D eigenvalue weighted by Gasteiger charge is 2.33. The second kappa shape index (κ2) is 11.5. The zero-order valence-electron chi connectivity index (χ0n) is 18.3. The third-order valence-corrected chi connectivity index (χ3v) is 7.23. The number of nitrogens with one attached hydrogen (secondary N) is 1. The lowest BCUT2D eigenvalue weighted by atomic mass is 9.90. The van der Waals surface area contributed by atoms with Gasteiger partial charge in [0, 0.05) is 34.3 Å². The van der Waals surface area contributed by atoms with Crippen molar-refractivity contribution >= 4 is 22.6 Å². The normalized spacial score (nSPS) is 23.0. The number of benzene rings is 2. The lowest BCUT2D eigenvalue weighted by molar-refractivity contribution is 0.0937. The monoisotopic (exact) mass is 462 g/mol. The van der Waals surface area contributed by atoms with Crippen LogP contribution in [0.4, 0.5) is 14.9 Å². The maximum Gasteiger partial charge on any atom is 0.412 e.